The molecule has 1 fully saturated rings. The number of nitrogens with one attached hydrogen (secondary N) is 2. The number of amides is 1. The summed E-state index contributed by atoms with van der Waals surface area (Å²) in [6.07, 6.45) is 3.20. The fourth-order valence-electron chi connectivity index (χ4n) is 2.93. The number of carbonyl (C=O) groups is 1. The minimum atomic E-state index is 0.0439. The summed E-state index contributed by atoms with van der Waals surface area (Å²) >= 11 is 0. The zero-order valence-corrected chi connectivity index (χ0v) is 13.2. The van der Waals surface area contributed by atoms with Crippen LogP contribution >= 0.6 is 0 Å². The molecule has 1 saturated heterocycles. The Morgan fingerprint density at radius 2 is 2.24 bits per heavy atom. The summed E-state index contributed by atoms with van der Waals surface area (Å²) < 4.78 is 0. The van der Waals surface area contributed by atoms with Gasteiger partial charge in [-0.05, 0) is 56.6 Å². The average Bonchev–Trinajstić information content (AvgIpc) is 2.94. The van der Waals surface area contributed by atoms with Gasteiger partial charge in [-0.1, -0.05) is 26.0 Å². The van der Waals surface area contributed by atoms with Gasteiger partial charge >= 0.3 is 0 Å². The smallest absolute Gasteiger partial charge is 0.241 e. The summed E-state index contributed by atoms with van der Waals surface area (Å²) in [4.78, 5) is 14.8. The van der Waals surface area contributed by atoms with E-state index >= 15 is 0 Å². The Morgan fingerprint density at radius 1 is 1.38 bits per heavy atom. The number of hydrogen-bond donors (Lipinski definition) is 2. The summed E-state index contributed by atoms with van der Waals surface area (Å²) in [6, 6.07) is 8.15. The van der Waals surface area contributed by atoms with E-state index < -0.39 is 0 Å². The molecule has 0 spiro atoms. The molecule has 0 radical (unpaired) electrons. The first-order chi connectivity index (χ1) is 10.2. The Labute approximate surface area is 127 Å². The number of benzene rings is 1. The van der Waals surface area contributed by atoms with E-state index in [2.05, 4.69) is 41.5 Å². The summed E-state index contributed by atoms with van der Waals surface area (Å²) in [5, 5.41) is 6.38. The molecule has 1 amide bonds. The lowest BCUT2D eigenvalue weighted by Crippen LogP contribution is -2.39. The minimum absolute atomic E-state index is 0.0439. The third-order valence-electron chi connectivity index (χ3n) is 3.95. The van der Waals surface area contributed by atoms with Crippen molar-refractivity contribution in [1.82, 2.24) is 10.2 Å². The van der Waals surface area contributed by atoms with E-state index in [9.17, 15) is 4.79 Å². The zero-order valence-electron chi connectivity index (χ0n) is 13.2. The first kappa shape index (κ1) is 16.0. The van der Waals surface area contributed by atoms with E-state index in [1.165, 1.54) is 5.56 Å². The number of anilines is 1. The Bertz CT molecular complexity index is 461. The van der Waals surface area contributed by atoms with Crippen molar-refractivity contribution >= 4 is 11.6 Å². The zero-order chi connectivity index (χ0) is 15.1. The quantitative estimate of drug-likeness (QED) is 0.811. The number of rotatable bonds is 7. The van der Waals surface area contributed by atoms with Crippen LogP contribution in [0.3, 0.4) is 0 Å². The maximum absolute atomic E-state index is 12.5. The molecule has 1 aliphatic heterocycles. The molecule has 0 aliphatic carbocycles. The minimum Gasteiger partial charge on any atom is -0.325 e. The monoisotopic (exact) mass is 289 g/mol. The SMILES string of the molecule is CCCN1CCCC1C(=O)Nc1cccc(CNCC)c1. The van der Waals surface area contributed by atoms with Crippen molar-refractivity contribution in [2.75, 3.05) is 25.0 Å². The predicted molar refractivity (Wildman–Crippen MR) is 87.3 cm³/mol. The number of nitrogens with zero attached hydrogens (tertiary/aromatic N) is 1. The third-order valence-corrected chi connectivity index (χ3v) is 3.95. The second-order valence-electron chi connectivity index (χ2n) is 5.66. The Hall–Kier alpha value is -1.39. The van der Waals surface area contributed by atoms with Crippen LogP contribution < -0.4 is 10.6 Å². The van der Waals surface area contributed by atoms with E-state index in [0.29, 0.717) is 0 Å². The van der Waals surface area contributed by atoms with Gasteiger partial charge in [-0.3, -0.25) is 9.69 Å². The molecule has 0 saturated carbocycles. The van der Waals surface area contributed by atoms with Crippen molar-refractivity contribution in [2.24, 2.45) is 0 Å². The molecule has 1 aromatic carbocycles. The summed E-state index contributed by atoms with van der Waals surface area (Å²) in [5.41, 5.74) is 2.10. The molecule has 1 unspecified atom stereocenters. The van der Waals surface area contributed by atoms with Crippen molar-refractivity contribution in [1.29, 1.82) is 0 Å². The first-order valence-corrected chi connectivity index (χ1v) is 8.09. The molecule has 1 atom stereocenters. The van der Waals surface area contributed by atoms with Crippen LogP contribution in [0.4, 0.5) is 5.69 Å². The van der Waals surface area contributed by atoms with Gasteiger partial charge in [0.05, 0.1) is 6.04 Å². The van der Waals surface area contributed by atoms with Crippen molar-refractivity contribution in [3.63, 3.8) is 0 Å². The maximum atomic E-state index is 12.5. The topological polar surface area (TPSA) is 44.4 Å². The standard InChI is InChI=1S/C17H27N3O/c1-3-10-20-11-6-9-16(20)17(21)19-15-8-5-7-14(12-15)13-18-4-2/h5,7-8,12,16,18H,3-4,6,9-11,13H2,1-2H3,(H,19,21). The molecule has 116 valence electrons. The van der Waals surface area contributed by atoms with Gasteiger partial charge in [0.1, 0.15) is 0 Å². The number of carbonyl (C=O) groups excluding carboxylic acids is 1. The predicted octanol–water partition coefficient (Wildman–Crippen LogP) is 2.61. The van der Waals surface area contributed by atoms with Crippen LogP contribution in [0.2, 0.25) is 0 Å². The van der Waals surface area contributed by atoms with Crippen LogP contribution in [-0.4, -0.2) is 36.5 Å². The molecule has 4 heteroatoms. The second-order valence-corrected chi connectivity index (χ2v) is 5.66. The average molecular weight is 289 g/mol. The van der Waals surface area contributed by atoms with E-state index in [1.807, 2.05) is 12.1 Å². The molecule has 1 heterocycles. The van der Waals surface area contributed by atoms with Crippen LogP contribution in [-0.2, 0) is 11.3 Å². The molecule has 2 rings (SSSR count). The highest BCUT2D eigenvalue weighted by Crippen LogP contribution is 2.19. The molecular formula is C17H27N3O. The number of likely N-dealkylation sites (tertiary alicyclic amines) is 1. The largest absolute Gasteiger partial charge is 0.325 e. The Morgan fingerprint density at radius 3 is 3.00 bits per heavy atom. The van der Waals surface area contributed by atoms with Crippen molar-refractivity contribution in [2.45, 2.75) is 45.7 Å². The highest BCUT2D eigenvalue weighted by Gasteiger charge is 2.29. The lowest BCUT2D eigenvalue weighted by atomic mass is 10.1. The van der Waals surface area contributed by atoms with E-state index in [-0.39, 0.29) is 11.9 Å². The summed E-state index contributed by atoms with van der Waals surface area (Å²) in [7, 11) is 0. The third kappa shape index (κ3) is 4.55. The fourth-order valence-corrected chi connectivity index (χ4v) is 2.93. The summed E-state index contributed by atoms with van der Waals surface area (Å²) in [6.45, 7) is 8.10. The highest BCUT2D eigenvalue weighted by atomic mass is 16.2. The van der Waals surface area contributed by atoms with Gasteiger partial charge in [0.15, 0.2) is 0 Å². The van der Waals surface area contributed by atoms with Gasteiger partial charge in [0.25, 0.3) is 0 Å². The molecular weight excluding hydrogens is 262 g/mol. The highest BCUT2D eigenvalue weighted by molar-refractivity contribution is 5.95. The van der Waals surface area contributed by atoms with Gasteiger partial charge in [-0.2, -0.15) is 0 Å². The summed E-state index contributed by atoms with van der Waals surface area (Å²) in [5.74, 6) is 0.140. The van der Waals surface area contributed by atoms with E-state index in [0.717, 1.165) is 51.1 Å². The van der Waals surface area contributed by atoms with Crippen molar-refractivity contribution in [3.05, 3.63) is 29.8 Å². The fraction of sp³-hybridized carbons (Fsp3) is 0.588. The Balaban J connectivity index is 1.95. The van der Waals surface area contributed by atoms with Gasteiger partial charge in [0.2, 0.25) is 5.91 Å². The maximum Gasteiger partial charge on any atom is 0.241 e. The lowest BCUT2D eigenvalue weighted by Gasteiger charge is -2.23. The van der Waals surface area contributed by atoms with Gasteiger partial charge in [-0.15, -0.1) is 0 Å². The van der Waals surface area contributed by atoms with Crippen LogP contribution in [0, 0.1) is 0 Å². The van der Waals surface area contributed by atoms with Crippen LogP contribution in [0.25, 0.3) is 0 Å². The normalized spacial score (nSPS) is 18.9. The van der Waals surface area contributed by atoms with Crippen molar-refractivity contribution in [3.8, 4) is 0 Å². The van der Waals surface area contributed by atoms with Crippen LogP contribution in [0.15, 0.2) is 24.3 Å². The van der Waals surface area contributed by atoms with Crippen molar-refractivity contribution < 1.29 is 4.79 Å². The van der Waals surface area contributed by atoms with Gasteiger partial charge < -0.3 is 10.6 Å². The van der Waals surface area contributed by atoms with Gasteiger partial charge in [0, 0.05) is 12.2 Å². The van der Waals surface area contributed by atoms with E-state index in [4.69, 9.17) is 0 Å². The Kier molecular flexibility index (Phi) is 6.21. The lowest BCUT2D eigenvalue weighted by molar-refractivity contribution is -0.120. The number of hydrogen-bond acceptors (Lipinski definition) is 3. The van der Waals surface area contributed by atoms with Crippen LogP contribution in [0.5, 0.6) is 0 Å². The molecule has 1 aliphatic rings. The van der Waals surface area contributed by atoms with E-state index in [1.54, 1.807) is 0 Å². The molecule has 1 aromatic rings. The molecule has 0 aromatic heterocycles. The van der Waals surface area contributed by atoms with Crippen LogP contribution in [0.1, 0.15) is 38.7 Å². The van der Waals surface area contributed by atoms with Gasteiger partial charge in [-0.25, -0.2) is 0 Å². The second kappa shape index (κ2) is 8.15. The molecule has 21 heavy (non-hydrogen) atoms. The molecule has 2 N–H and O–H groups in total. The first-order valence-electron chi connectivity index (χ1n) is 8.09. The molecule has 4 nitrogen and oxygen atoms in total. The molecule has 0 bridgehead atoms.